The molecule has 0 unspecified atom stereocenters. The average Bonchev–Trinajstić information content (AvgIpc) is 3.26. The van der Waals surface area contributed by atoms with E-state index in [0.717, 1.165) is 28.9 Å². The highest BCUT2D eigenvalue weighted by molar-refractivity contribution is 5.87. The summed E-state index contributed by atoms with van der Waals surface area (Å²) in [5.41, 5.74) is 2.78. The van der Waals surface area contributed by atoms with Crippen LogP contribution in [0.2, 0.25) is 0 Å². The standard InChI is InChI=1S/C19H16F2N4O2/c1-10-5-6-14-11(7-10)8-15(23-14)18(26)22-9-16-24-19(27-25-16)17-12(20)3-2-4-13(17)21/h2-7,15,23H,8-9H2,1H3,(H,22,26)/t15-/m1/s1. The second kappa shape index (κ2) is 6.79. The van der Waals surface area contributed by atoms with E-state index < -0.39 is 17.7 Å². The number of carbonyl (C=O) groups excluding carboxylic acids is 1. The molecule has 0 saturated heterocycles. The zero-order chi connectivity index (χ0) is 19.0. The van der Waals surface area contributed by atoms with Crippen molar-refractivity contribution in [2.75, 3.05) is 5.32 Å². The molecule has 0 spiro atoms. The molecule has 1 atom stereocenters. The van der Waals surface area contributed by atoms with Crippen molar-refractivity contribution in [1.29, 1.82) is 0 Å². The fourth-order valence-electron chi connectivity index (χ4n) is 3.07. The van der Waals surface area contributed by atoms with E-state index >= 15 is 0 Å². The fourth-order valence-corrected chi connectivity index (χ4v) is 3.07. The van der Waals surface area contributed by atoms with Crippen LogP contribution in [0.5, 0.6) is 0 Å². The Morgan fingerprint density at radius 2 is 2.07 bits per heavy atom. The van der Waals surface area contributed by atoms with E-state index in [0.29, 0.717) is 6.42 Å². The summed E-state index contributed by atoms with van der Waals surface area (Å²) in [6.45, 7) is 1.99. The molecule has 1 aliphatic heterocycles. The number of aromatic nitrogens is 2. The number of hydrogen-bond acceptors (Lipinski definition) is 5. The maximum atomic E-state index is 13.8. The SMILES string of the molecule is Cc1ccc2c(c1)C[C@H](C(=O)NCc1noc(-c3c(F)cccc3F)n1)N2. The Morgan fingerprint density at radius 3 is 2.85 bits per heavy atom. The first-order valence-electron chi connectivity index (χ1n) is 8.42. The molecule has 0 radical (unpaired) electrons. The van der Waals surface area contributed by atoms with Gasteiger partial charge in [-0.2, -0.15) is 4.98 Å². The van der Waals surface area contributed by atoms with Gasteiger partial charge in [0.2, 0.25) is 5.91 Å². The number of amides is 1. The summed E-state index contributed by atoms with van der Waals surface area (Å²) in [6.07, 6.45) is 0.584. The monoisotopic (exact) mass is 370 g/mol. The summed E-state index contributed by atoms with van der Waals surface area (Å²) in [4.78, 5) is 16.3. The lowest BCUT2D eigenvalue weighted by molar-refractivity contribution is -0.121. The second-order valence-corrected chi connectivity index (χ2v) is 6.39. The van der Waals surface area contributed by atoms with Gasteiger partial charge in [0, 0.05) is 12.1 Å². The molecule has 0 saturated carbocycles. The normalized spacial score (nSPS) is 15.3. The molecule has 4 rings (SSSR count). The first-order valence-corrected chi connectivity index (χ1v) is 8.42. The minimum Gasteiger partial charge on any atom is -0.373 e. The van der Waals surface area contributed by atoms with Crippen LogP contribution in [0.3, 0.4) is 0 Å². The largest absolute Gasteiger partial charge is 0.373 e. The Hall–Kier alpha value is -3.29. The number of nitrogens with one attached hydrogen (secondary N) is 2. The first kappa shape index (κ1) is 17.1. The van der Waals surface area contributed by atoms with E-state index in [2.05, 4.69) is 20.8 Å². The van der Waals surface area contributed by atoms with E-state index in [9.17, 15) is 13.6 Å². The molecule has 3 aromatic rings. The lowest BCUT2D eigenvalue weighted by atomic mass is 10.1. The lowest BCUT2D eigenvalue weighted by Gasteiger charge is -2.10. The Kier molecular flexibility index (Phi) is 4.31. The van der Waals surface area contributed by atoms with E-state index in [-0.39, 0.29) is 29.7 Å². The molecule has 1 amide bonds. The average molecular weight is 370 g/mol. The summed E-state index contributed by atoms with van der Waals surface area (Å²) in [6, 6.07) is 9.05. The van der Waals surface area contributed by atoms with Gasteiger partial charge in [0.05, 0.1) is 6.54 Å². The number of halogens is 2. The number of benzene rings is 2. The Balaban J connectivity index is 1.40. The van der Waals surface area contributed by atoms with Gasteiger partial charge in [0.25, 0.3) is 5.89 Å². The van der Waals surface area contributed by atoms with E-state index in [1.165, 1.54) is 6.07 Å². The van der Waals surface area contributed by atoms with E-state index in [4.69, 9.17) is 4.52 Å². The highest BCUT2D eigenvalue weighted by Gasteiger charge is 2.27. The van der Waals surface area contributed by atoms with Crippen LogP contribution in [-0.4, -0.2) is 22.1 Å². The van der Waals surface area contributed by atoms with Gasteiger partial charge < -0.3 is 15.2 Å². The minimum absolute atomic E-state index is 0.00798. The molecule has 8 heteroatoms. The Labute approximate surface area is 153 Å². The molecule has 0 aliphatic carbocycles. The van der Waals surface area contributed by atoms with Crippen LogP contribution >= 0.6 is 0 Å². The third-order valence-electron chi connectivity index (χ3n) is 4.40. The molecule has 138 valence electrons. The molecule has 0 fully saturated rings. The first-order chi connectivity index (χ1) is 13.0. The maximum absolute atomic E-state index is 13.8. The molecule has 2 aromatic carbocycles. The summed E-state index contributed by atoms with van der Waals surface area (Å²) in [5, 5.41) is 9.55. The molecule has 6 nitrogen and oxygen atoms in total. The topological polar surface area (TPSA) is 80.1 Å². The summed E-state index contributed by atoms with van der Waals surface area (Å²) >= 11 is 0. The van der Waals surface area contributed by atoms with Crippen molar-refractivity contribution in [1.82, 2.24) is 15.5 Å². The van der Waals surface area contributed by atoms with Crippen molar-refractivity contribution < 1.29 is 18.1 Å². The molecule has 2 heterocycles. The number of carbonyl (C=O) groups is 1. The van der Waals surface area contributed by atoms with Crippen LogP contribution in [0, 0.1) is 18.6 Å². The predicted octanol–water partition coefficient (Wildman–Crippen LogP) is 2.98. The van der Waals surface area contributed by atoms with Gasteiger partial charge in [0.1, 0.15) is 23.2 Å². The van der Waals surface area contributed by atoms with Gasteiger partial charge in [-0.3, -0.25) is 4.79 Å². The van der Waals surface area contributed by atoms with Crippen molar-refractivity contribution in [2.24, 2.45) is 0 Å². The van der Waals surface area contributed by atoms with Gasteiger partial charge >= 0.3 is 0 Å². The van der Waals surface area contributed by atoms with E-state index in [1.807, 2.05) is 25.1 Å². The molecule has 1 aromatic heterocycles. The lowest BCUT2D eigenvalue weighted by Crippen LogP contribution is -2.38. The molecule has 1 aliphatic rings. The summed E-state index contributed by atoms with van der Waals surface area (Å²) in [7, 11) is 0. The third-order valence-corrected chi connectivity index (χ3v) is 4.40. The van der Waals surface area contributed by atoms with Crippen molar-refractivity contribution in [3.8, 4) is 11.5 Å². The number of fused-ring (bicyclic) bond motifs is 1. The van der Waals surface area contributed by atoms with Gasteiger partial charge in [-0.05, 0) is 30.7 Å². The van der Waals surface area contributed by atoms with E-state index in [1.54, 1.807) is 0 Å². The molecule has 0 bridgehead atoms. The Bertz CT molecular complexity index is 998. The van der Waals surface area contributed by atoms with Crippen LogP contribution in [0.4, 0.5) is 14.5 Å². The molecule has 27 heavy (non-hydrogen) atoms. The molecule has 2 N–H and O–H groups in total. The fraction of sp³-hybridized carbons (Fsp3) is 0.211. The van der Waals surface area contributed by atoms with Gasteiger partial charge in [0.15, 0.2) is 5.82 Å². The second-order valence-electron chi connectivity index (χ2n) is 6.39. The van der Waals surface area contributed by atoms with Gasteiger partial charge in [-0.25, -0.2) is 8.78 Å². The van der Waals surface area contributed by atoms with Crippen molar-refractivity contribution in [3.63, 3.8) is 0 Å². The number of nitrogens with zero attached hydrogens (tertiary/aromatic N) is 2. The third kappa shape index (κ3) is 3.38. The Morgan fingerprint density at radius 1 is 1.30 bits per heavy atom. The number of hydrogen-bond donors (Lipinski definition) is 2. The number of rotatable bonds is 4. The quantitative estimate of drug-likeness (QED) is 0.738. The minimum atomic E-state index is -0.794. The van der Waals surface area contributed by atoms with Crippen LogP contribution in [0.1, 0.15) is 17.0 Å². The zero-order valence-electron chi connectivity index (χ0n) is 14.4. The number of aryl methyl sites for hydroxylation is 1. The van der Waals surface area contributed by atoms with Crippen LogP contribution < -0.4 is 10.6 Å². The zero-order valence-corrected chi connectivity index (χ0v) is 14.4. The van der Waals surface area contributed by atoms with Gasteiger partial charge in [-0.1, -0.05) is 28.9 Å². The van der Waals surface area contributed by atoms with Crippen LogP contribution in [-0.2, 0) is 17.8 Å². The van der Waals surface area contributed by atoms with Crippen molar-refractivity contribution in [3.05, 3.63) is 65.0 Å². The van der Waals surface area contributed by atoms with Crippen molar-refractivity contribution >= 4 is 11.6 Å². The molecular weight excluding hydrogens is 354 g/mol. The van der Waals surface area contributed by atoms with Crippen LogP contribution in [0.25, 0.3) is 11.5 Å². The smallest absolute Gasteiger partial charge is 0.263 e. The molecular formula is C19H16F2N4O2. The summed E-state index contributed by atoms with van der Waals surface area (Å²) in [5.74, 6) is -1.94. The van der Waals surface area contributed by atoms with Gasteiger partial charge in [-0.15, -0.1) is 0 Å². The number of anilines is 1. The van der Waals surface area contributed by atoms with Crippen molar-refractivity contribution in [2.45, 2.75) is 25.9 Å². The highest BCUT2D eigenvalue weighted by atomic mass is 19.1. The highest BCUT2D eigenvalue weighted by Crippen LogP contribution is 2.27. The maximum Gasteiger partial charge on any atom is 0.263 e. The van der Waals surface area contributed by atoms with Crippen LogP contribution in [0.15, 0.2) is 40.9 Å². The summed E-state index contributed by atoms with van der Waals surface area (Å²) < 4.78 is 32.5. The predicted molar refractivity (Wildman–Crippen MR) is 93.8 cm³/mol.